The molecule has 0 atom stereocenters. The molecule has 0 aromatic carbocycles. The fourth-order valence-corrected chi connectivity index (χ4v) is 2.49. The summed E-state index contributed by atoms with van der Waals surface area (Å²) >= 11 is 1.51. The Morgan fingerprint density at radius 1 is 1.17 bits per heavy atom. The molecule has 12 heavy (non-hydrogen) atoms. The number of hydrogen-bond donors (Lipinski definition) is 0. The van der Waals surface area contributed by atoms with Crippen LogP contribution in [-0.2, 0) is 7.01 Å². The van der Waals surface area contributed by atoms with Crippen molar-refractivity contribution in [2.45, 2.75) is 39.5 Å². The third-order valence-corrected chi connectivity index (χ3v) is 3.77. The van der Waals surface area contributed by atoms with E-state index in [1.807, 2.05) is 0 Å². The molecule has 74 valence electrons. The summed E-state index contributed by atoms with van der Waals surface area (Å²) in [4.78, 5) is 0. The van der Waals surface area contributed by atoms with Crippen molar-refractivity contribution >= 4 is 28.2 Å². The Hall–Kier alpha value is 0.680. The Labute approximate surface area is 87.6 Å². The molecular weight excluding hydrogens is 287 g/mol. The van der Waals surface area contributed by atoms with E-state index in [4.69, 9.17) is 0 Å². The molecule has 0 bridgehead atoms. The summed E-state index contributed by atoms with van der Waals surface area (Å²) in [5.74, 6) is 1.08. The highest BCUT2D eigenvalue weighted by Gasteiger charge is 2.03. The maximum Gasteiger partial charge on any atom is 0.203 e. The molecule has 0 aromatic rings. The Kier molecular flexibility index (Phi) is 6.53. The fourth-order valence-electron chi connectivity index (χ4n) is 1.00. The van der Waals surface area contributed by atoms with Crippen molar-refractivity contribution < 1.29 is 8.42 Å². The normalized spacial score (nSPS) is 12.3. The Morgan fingerprint density at radius 3 is 2.17 bits per heavy atom. The second kappa shape index (κ2) is 6.18. The molecule has 0 aliphatic carbocycles. The summed E-state index contributed by atoms with van der Waals surface area (Å²) in [5, 5.41) is 0. The van der Waals surface area contributed by atoms with Gasteiger partial charge in [-0.2, -0.15) is 0 Å². The molecule has 0 radical (unpaired) electrons. The standard InChI is InChI=1S/C8H17IO2S/c1-8(2)6-4-3-5-7-12(9,10)11/h8H,3-7H2,1-2H3. The molecule has 0 saturated heterocycles. The van der Waals surface area contributed by atoms with E-state index in [1.54, 1.807) is 0 Å². The monoisotopic (exact) mass is 304 g/mol. The molecule has 0 spiro atoms. The van der Waals surface area contributed by atoms with Gasteiger partial charge in [0.15, 0.2) is 0 Å². The van der Waals surface area contributed by atoms with Gasteiger partial charge in [0.05, 0.1) is 27.0 Å². The first kappa shape index (κ1) is 12.7. The lowest BCUT2D eigenvalue weighted by atomic mass is 10.1. The molecule has 0 fully saturated rings. The molecule has 0 heterocycles. The van der Waals surface area contributed by atoms with Gasteiger partial charge in [-0.3, -0.25) is 0 Å². The first-order chi connectivity index (χ1) is 5.42. The molecular formula is C8H17IO2S. The van der Waals surface area contributed by atoms with E-state index in [9.17, 15) is 8.42 Å². The van der Waals surface area contributed by atoms with E-state index < -0.39 is 7.01 Å². The van der Waals surface area contributed by atoms with Crippen molar-refractivity contribution in [2.75, 3.05) is 5.75 Å². The van der Waals surface area contributed by atoms with Gasteiger partial charge in [-0.05, 0) is 12.3 Å². The van der Waals surface area contributed by atoms with Crippen LogP contribution in [-0.4, -0.2) is 14.2 Å². The van der Waals surface area contributed by atoms with Gasteiger partial charge in [-0.15, -0.1) is 0 Å². The lowest BCUT2D eigenvalue weighted by Gasteiger charge is -2.02. The van der Waals surface area contributed by atoms with Crippen molar-refractivity contribution in [3.63, 3.8) is 0 Å². The smallest absolute Gasteiger partial charge is 0.203 e. The Bertz CT molecular complexity index is 197. The summed E-state index contributed by atoms with van der Waals surface area (Å²) in [6.07, 6.45) is 4.23. The maximum absolute atomic E-state index is 10.7. The number of halogens is 1. The molecule has 0 rings (SSSR count). The zero-order valence-electron chi connectivity index (χ0n) is 7.72. The van der Waals surface area contributed by atoms with Crippen LogP contribution in [0, 0.1) is 5.92 Å². The predicted octanol–water partition coefficient (Wildman–Crippen LogP) is 2.97. The van der Waals surface area contributed by atoms with Crippen LogP contribution in [0.5, 0.6) is 0 Å². The Balaban J connectivity index is 3.23. The van der Waals surface area contributed by atoms with Crippen molar-refractivity contribution in [3.05, 3.63) is 0 Å². The van der Waals surface area contributed by atoms with E-state index in [0.717, 1.165) is 25.2 Å². The van der Waals surface area contributed by atoms with E-state index in [0.29, 0.717) is 5.75 Å². The van der Waals surface area contributed by atoms with Crippen LogP contribution in [0.4, 0.5) is 0 Å². The summed E-state index contributed by atoms with van der Waals surface area (Å²) in [6, 6.07) is 0. The summed E-state index contributed by atoms with van der Waals surface area (Å²) in [7, 11) is -2.75. The van der Waals surface area contributed by atoms with Crippen LogP contribution in [0.25, 0.3) is 0 Å². The van der Waals surface area contributed by atoms with Gasteiger partial charge in [-0.1, -0.05) is 33.1 Å². The molecule has 0 amide bonds. The number of unbranched alkanes of at least 4 members (excludes halogenated alkanes) is 2. The lowest BCUT2D eigenvalue weighted by molar-refractivity contribution is 0.533. The zero-order valence-corrected chi connectivity index (χ0v) is 10.7. The average Bonchev–Trinajstić information content (AvgIpc) is 1.83. The van der Waals surface area contributed by atoms with Crippen LogP contribution < -0.4 is 0 Å². The molecule has 0 unspecified atom stereocenters. The van der Waals surface area contributed by atoms with E-state index in [2.05, 4.69) is 13.8 Å². The largest absolute Gasteiger partial charge is 0.218 e. The lowest BCUT2D eigenvalue weighted by Crippen LogP contribution is -1.96. The van der Waals surface area contributed by atoms with Crippen LogP contribution in [0.2, 0.25) is 0 Å². The third-order valence-electron chi connectivity index (χ3n) is 1.67. The third kappa shape index (κ3) is 10.7. The number of hydrogen-bond acceptors (Lipinski definition) is 2. The van der Waals surface area contributed by atoms with Gasteiger partial charge in [-0.25, -0.2) is 8.42 Å². The molecule has 4 heteroatoms. The molecule has 0 saturated carbocycles. The van der Waals surface area contributed by atoms with Gasteiger partial charge in [0, 0.05) is 0 Å². The van der Waals surface area contributed by atoms with E-state index in [-0.39, 0.29) is 0 Å². The first-order valence-corrected chi connectivity index (χ1v) is 8.53. The fraction of sp³-hybridized carbons (Fsp3) is 1.00. The van der Waals surface area contributed by atoms with E-state index in [1.165, 1.54) is 27.6 Å². The summed E-state index contributed by atoms with van der Waals surface area (Å²) in [6.45, 7) is 4.38. The zero-order chi connectivity index (χ0) is 9.61. The van der Waals surface area contributed by atoms with Gasteiger partial charge >= 0.3 is 0 Å². The van der Waals surface area contributed by atoms with Crippen molar-refractivity contribution in [1.29, 1.82) is 0 Å². The van der Waals surface area contributed by atoms with Crippen LogP contribution in [0.1, 0.15) is 39.5 Å². The van der Waals surface area contributed by atoms with Crippen molar-refractivity contribution in [1.82, 2.24) is 0 Å². The number of rotatable bonds is 6. The van der Waals surface area contributed by atoms with Crippen molar-refractivity contribution in [2.24, 2.45) is 5.92 Å². The minimum absolute atomic E-state index is 0.339. The van der Waals surface area contributed by atoms with Gasteiger partial charge in [0.1, 0.15) is 0 Å². The van der Waals surface area contributed by atoms with Gasteiger partial charge in [0.2, 0.25) is 7.01 Å². The average molecular weight is 304 g/mol. The molecule has 0 aromatic heterocycles. The van der Waals surface area contributed by atoms with E-state index >= 15 is 0 Å². The highest BCUT2D eigenvalue weighted by molar-refractivity contribution is 14.2. The molecule has 0 N–H and O–H groups in total. The van der Waals surface area contributed by atoms with Crippen LogP contribution >= 0.6 is 21.2 Å². The minimum Gasteiger partial charge on any atom is -0.218 e. The van der Waals surface area contributed by atoms with Gasteiger partial charge < -0.3 is 0 Å². The quantitative estimate of drug-likeness (QED) is 0.429. The van der Waals surface area contributed by atoms with Crippen LogP contribution in [0.3, 0.4) is 0 Å². The Morgan fingerprint density at radius 2 is 1.75 bits per heavy atom. The highest BCUT2D eigenvalue weighted by Crippen LogP contribution is 2.11. The van der Waals surface area contributed by atoms with Crippen LogP contribution in [0.15, 0.2) is 0 Å². The highest BCUT2D eigenvalue weighted by atomic mass is 127. The molecule has 0 aliphatic heterocycles. The first-order valence-electron chi connectivity index (χ1n) is 4.34. The predicted molar refractivity (Wildman–Crippen MR) is 61.1 cm³/mol. The summed E-state index contributed by atoms with van der Waals surface area (Å²) in [5.41, 5.74) is 0. The minimum atomic E-state index is -2.75. The molecule has 2 nitrogen and oxygen atoms in total. The van der Waals surface area contributed by atoms with Gasteiger partial charge in [0.25, 0.3) is 0 Å². The summed E-state index contributed by atoms with van der Waals surface area (Å²) < 4.78 is 21.4. The SMILES string of the molecule is CC(C)CCCCCS(=O)(=O)I. The van der Waals surface area contributed by atoms with Crippen molar-refractivity contribution in [3.8, 4) is 0 Å². The topological polar surface area (TPSA) is 34.1 Å². The second-order valence-electron chi connectivity index (χ2n) is 3.49. The maximum atomic E-state index is 10.7. The molecule has 0 aliphatic rings. The second-order valence-corrected chi connectivity index (χ2v) is 9.00.